The smallest absolute Gasteiger partial charge is 0.309 e. The lowest BCUT2D eigenvalue weighted by Gasteiger charge is -2.30. The van der Waals surface area contributed by atoms with Crippen molar-refractivity contribution >= 4 is 98.8 Å². The molecule has 0 saturated heterocycles. The van der Waals surface area contributed by atoms with Crippen LogP contribution in [0.2, 0.25) is 0 Å². The van der Waals surface area contributed by atoms with Gasteiger partial charge in [-0.3, -0.25) is 0 Å². The number of fused-ring (bicyclic) bond motifs is 6. The molecule has 430 valence electrons. The summed E-state index contributed by atoms with van der Waals surface area (Å²) in [4.78, 5) is 3.63. The van der Waals surface area contributed by atoms with Crippen LogP contribution in [0.3, 0.4) is 0 Å². The number of alkyl halides is 10. The summed E-state index contributed by atoms with van der Waals surface area (Å²) in [5.41, 5.74) is 5.71. The van der Waals surface area contributed by atoms with Gasteiger partial charge in [0, 0.05) is 44.3 Å². The molecule has 0 N–H and O–H groups in total. The van der Waals surface area contributed by atoms with Crippen LogP contribution in [0.5, 0.6) is 0 Å². The van der Waals surface area contributed by atoms with Crippen LogP contribution in [-0.4, -0.2) is 0 Å². The molecule has 0 saturated carbocycles. The third-order valence-electron chi connectivity index (χ3n) is 16.5. The second-order valence-corrected chi connectivity index (χ2v) is 21.7. The van der Waals surface area contributed by atoms with Gasteiger partial charge in [0.25, 0.3) is 0 Å². The van der Waals surface area contributed by atoms with Crippen molar-refractivity contribution in [3.8, 4) is 33.4 Å². The Morgan fingerprint density at radius 2 is 0.489 bits per heavy atom. The molecule has 0 atom stereocenters. The molecule has 0 aromatic heterocycles. The molecule has 0 amide bonds. The minimum absolute atomic E-state index is 0.277. The first-order valence-electron chi connectivity index (χ1n) is 28.2. The van der Waals surface area contributed by atoms with E-state index < -0.39 is 41.9 Å². The second kappa shape index (κ2) is 21.5. The van der Waals surface area contributed by atoms with Gasteiger partial charge in [0.05, 0.1) is 28.1 Å². The van der Waals surface area contributed by atoms with Crippen LogP contribution in [-0.2, 0) is 25.2 Å². The van der Waals surface area contributed by atoms with E-state index in [1.165, 1.54) is 36.4 Å². The van der Waals surface area contributed by atoms with Gasteiger partial charge in [-0.2, -0.15) is 39.5 Å². The molecule has 14 aromatic rings. The molecular weight excluding hydrogens is 1130 g/mol. The summed E-state index contributed by atoms with van der Waals surface area (Å²) in [5, 5.41) is 9.95. The highest BCUT2D eigenvalue weighted by molar-refractivity contribution is 6.26. The molecule has 12 heteroatoms. The third kappa shape index (κ3) is 9.74. The number of anilines is 6. The van der Waals surface area contributed by atoms with Crippen molar-refractivity contribution in [2.75, 3.05) is 9.80 Å². The fourth-order valence-corrected chi connectivity index (χ4v) is 12.6. The van der Waals surface area contributed by atoms with Gasteiger partial charge in [0.15, 0.2) is 0 Å². The van der Waals surface area contributed by atoms with Crippen LogP contribution in [0.15, 0.2) is 267 Å². The Hall–Kier alpha value is -10.5. The molecule has 0 heterocycles. The van der Waals surface area contributed by atoms with Gasteiger partial charge in [0.2, 0.25) is 0 Å². The van der Waals surface area contributed by atoms with E-state index in [0.29, 0.717) is 39.1 Å². The molecule has 0 aliphatic rings. The Balaban J connectivity index is 1.08. The van der Waals surface area contributed by atoms with E-state index >= 15 is 0 Å². The molecule has 0 radical (unpaired) electrons. The molecule has 0 aliphatic carbocycles. The largest absolute Gasteiger partial charge is 0.416 e. The Labute approximate surface area is 498 Å². The SMILES string of the molecule is FCc1ccc(N(c2ccc(C(F)(F)F)cc2)c2c3ccccc3c(-c3cc(-c4c5ccccc5cc5ccccc45)cc(-c4c5ccccc5c(N(c5ccc(C(F)(F)F)cc5)c5ccc(C(F)(F)F)cc5)c5ccccc45)c3)c3ccccc23)cc1. The molecule has 88 heavy (non-hydrogen) atoms. The summed E-state index contributed by atoms with van der Waals surface area (Å²) in [5.74, 6) is 0. The van der Waals surface area contributed by atoms with Crippen LogP contribution in [0.25, 0.3) is 98.0 Å². The molecule has 14 rings (SSSR count). The standard InChI is InChI=1S/C76H46F10N2/c77-45-46-25-33-55(34-26-46)87(56-35-27-52(28-36-56)74(78,79)80)72-65-21-9-5-17-61(65)70(62-18-6-10-22-66(62)72)50-42-49(69-59-15-3-1-13-47(59)41-48-14-2-4-16-60(48)69)43-51(44-50)71-63-19-7-11-23-67(63)73(68-24-12-8-20-64(68)71)88(57-37-29-53(30-38-57)75(81,82)83)58-39-31-54(32-40-58)76(84,85)86/h1-44H,45H2. The van der Waals surface area contributed by atoms with E-state index in [1.54, 1.807) is 29.2 Å². The van der Waals surface area contributed by atoms with E-state index in [2.05, 4.69) is 48.5 Å². The van der Waals surface area contributed by atoms with Gasteiger partial charge < -0.3 is 9.80 Å². The monoisotopic (exact) mass is 1180 g/mol. The average molecular weight is 1180 g/mol. The van der Waals surface area contributed by atoms with Crippen molar-refractivity contribution < 1.29 is 43.9 Å². The molecule has 0 aliphatic heterocycles. The van der Waals surface area contributed by atoms with Crippen LogP contribution in [0.1, 0.15) is 22.3 Å². The Morgan fingerprint density at radius 1 is 0.250 bits per heavy atom. The Kier molecular flexibility index (Phi) is 13.5. The third-order valence-corrected chi connectivity index (χ3v) is 16.5. The molecule has 0 spiro atoms. The maximum atomic E-state index is 14.2. The molecule has 0 unspecified atom stereocenters. The number of hydrogen-bond donors (Lipinski definition) is 0. The number of halogens is 10. The highest BCUT2D eigenvalue weighted by atomic mass is 19.4. The fraction of sp³-hybridized carbons (Fsp3) is 0.0526. The van der Waals surface area contributed by atoms with Crippen molar-refractivity contribution in [3.05, 3.63) is 289 Å². The predicted molar refractivity (Wildman–Crippen MR) is 337 cm³/mol. The summed E-state index contributed by atoms with van der Waals surface area (Å²) < 4.78 is 142. The zero-order chi connectivity index (χ0) is 60.6. The maximum absolute atomic E-state index is 14.2. The van der Waals surface area contributed by atoms with E-state index in [0.717, 1.165) is 124 Å². The lowest BCUT2D eigenvalue weighted by Crippen LogP contribution is -2.13. The number of rotatable bonds is 10. The molecule has 2 nitrogen and oxygen atoms in total. The number of benzene rings is 14. The van der Waals surface area contributed by atoms with Crippen molar-refractivity contribution in [1.82, 2.24) is 0 Å². The Morgan fingerprint density at radius 3 is 0.761 bits per heavy atom. The highest BCUT2D eigenvalue weighted by Gasteiger charge is 2.34. The second-order valence-electron chi connectivity index (χ2n) is 21.7. The predicted octanol–water partition coefficient (Wildman–Crippen LogP) is 24.1. The summed E-state index contributed by atoms with van der Waals surface area (Å²) in [6, 6.07) is 77.3. The first-order chi connectivity index (χ1) is 42.5. The topological polar surface area (TPSA) is 6.48 Å². The van der Waals surface area contributed by atoms with Crippen molar-refractivity contribution in [2.24, 2.45) is 0 Å². The average Bonchev–Trinajstić information content (AvgIpc) is 0.783. The molecule has 0 bridgehead atoms. The van der Waals surface area contributed by atoms with Gasteiger partial charge in [-0.1, -0.05) is 158 Å². The van der Waals surface area contributed by atoms with Gasteiger partial charge in [-0.25, -0.2) is 4.39 Å². The summed E-state index contributed by atoms with van der Waals surface area (Å²) in [6.07, 6.45) is -13.9. The lowest BCUT2D eigenvalue weighted by molar-refractivity contribution is -0.138. The Bertz CT molecular complexity index is 4790. The van der Waals surface area contributed by atoms with Crippen LogP contribution in [0, 0.1) is 0 Å². The summed E-state index contributed by atoms with van der Waals surface area (Å²) >= 11 is 0. The number of hydrogen-bond acceptors (Lipinski definition) is 2. The number of nitrogens with zero attached hydrogens (tertiary/aromatic N) is 2. The first-order valence-corrected chi connectivity index (χ1v) is 28.2. The minimum atomic E-state index is -4.66. The van der Waals surface area contributed by atoms with E-state index in [4.69, 9.17) is 0 Å². The van der Waals surface area contributed by atoms with E-state index in [-0.39, 0.29) is 11.4 Å². The summed E-state index contributed by atoms with van der Waals surface area (Å²) in [7, 11) is 0. The normalized spacial score (nSPS) is 12.2. The maximum Gasteiger partial charge on any atom is 0.416 e. The van der Waals surface area contributed by atoms with Gasteiger partial charge in [0.1, 0.15) is 6.67 Å². The molecule has 0 fully saturated rings. The van der Waals surface area contributed by atoms with Gasteiger partial charge >= 0.3 is 18.5 Å². The van der Waals surface area contributed by atoms with E-state index in [1.807, 2.05) is 126 Å². The van der Waals surface area contributed by atoms with Gasteiger partial charge in [-0.15, -0.1) is 0 Å². The van der Waals surface area contributed by atoms with Crippen molar-refractivity contribution in [2.45, 2.75) is 25.2 Å². The minimum Gasteiger partial charge on any atom is -0.309 e. The van der Waals surface area contributed by atoms with Crippen LogP contribution < -0.4 is 9.80 Å². The first kappa shape index (κ1) is 55.4. The van der Waals surface area contributed by atoms with Crippen LogP contribution in [0.4, 0.5) is 78.0 Å². The molecular formula is C76H46F10N2. The van der Waals surface area contributed by atoms with Crippen molar-refractivity contribution in [3.63, 3.8) is 0 Å². The highest BCUT2D eigenvalue weighted by Crippen LogP contribution is 2.53. The fourth-order valence-electron chi connectivity index (χ4n) is 12.6. The van der Waals surface area contributed by atoms with Crippen LogP contribution >= 0.6 is 0 Å². The van der Waals surface area contributed by atoms with E-state index in [9.17, 15) is 43.9 Å². The summed E-state index contributed by atoms with van der Waals surface area (Å²) in [6.45, 7) is -0.712. The van der Waals surface area contributed by atoms with Crippen molar-refractivity contribution in [1.29, 1.82) is 0 Å². The molecule has 14 aromatic carbocycles. The lowest BCUT2D eigenvalue weighted by atomic mass is 9.83. The quantitative estimate of drug-likeness (QED) is 0.0995. The van der Waals surface area contributed by atoms with Gasteiger partial charge in [-0.05, 0) is 191 Å². The zero-order valence-corrected chi connectivity index (χ0v) is 46.3. The zero-order valence-electron chi connectivity index (χ0n) is 46.3.